The normalized spacial score (nSPS) is 10.9. The van der Waals surface area contributed by atoms with Crippen molar-refractivity contribution in [3.63, 3.8) is 0 Å². The Morgan fingerprint density at radius 1 is 0.941 bits per heavy atom. The Hall–Kier alpha value is 0.170. The molecule has 0 unspecified atom stereocenters. The molecular weight excluding hydrogens is 464 g/mol. The molecule has 0 aromatic carbocycles. The van der Waals surface area contributed by atoms with Crippen LogP contribution in [0.25, 0.3) is 0 Å². The number of nitrogens with zero attached hydrogens (tertiary/aromatic N) is 4. The molecule has 0 aliphatic rings. The van der Waals surface area contributed by atoms with Gasteiger partial charge in [-0.15, -0.1) is 0 Å². The summed E-state index contributed by atoms with van der Waals surface area (Å²) in [6, 6.07) is 0. The van der Waals surface area contributed by atoms with Gasteiger partial charge in [0.05, 0.1) is 0 Å². The summed E-state index contributed by atoms with van der Waals surface area (Å²) in [5.74, 6) is 0. The predicted molar refractivity (Wildman–Crippen MR) is 75.2 cm³/mol. The van der Waals surface area contributed by atoms with Crippen molar-refractivity contribution in [3.05, 3.63) is 33.7 Å². The summed E-state index contributed by atoms with van der Waals surface area (Å²) in [6.07, 6.45) is 7.72. The summed E-state index contributed by atoms with van der Waals surface area (Å²) in [7, 11) is 0. The van der Waals surface area contributed by atoms with Crippen molar-refractivity contribution in [1.82, 2.24) is 19.6 Å². The fraction of sp³-hybridized carbons (Fsp3) is 0.400. The van der Waals surface area contributed by atoms with E-state index in [1.54, 1.807) is 0 Å². The third kappa shape index (κ3) is 4.74. The van der Waals surface area contributed by atoms with E-state index >= 15 is 0 Å². The van der Waals surface area contributed by atoms with Crippen molar-refractivity contribution < 1.29 is 0 Å². The van der Waals surface area contributed by atoms with E-state index in [1.165, 1.54) is 8.94 Å². The summed E-state index contributed by atoms with van der Waals surface area (Å²) in [4.78, 5) is 0. The second-order valence-electron chi connectivity index (χ2n) is 3.46. The van der Waals surface area contributed by atoms with Crippen LogP contribution in [0.15, 0.2) is 33.7 Å². The monoisotopic (exact) mass is 476 g/mol. The summed E-state index contributed by atoms with van der Waals surface area (Å²) >= 11 is 6.86. The molecule has 7 heteroatoms. The SMILES string of the molecule is Brc1cnn(CC[Te]CCn2cc(Br)cn2)c1. The quantitative estimate of drug-likeness (QED) is 0.476. The van der Waals surface area contributed by atoms with Gasteiger partial charge in [-0.3, -0.25) is 0 Å². The summed E-state index contributed by atoms with van der Waals surface area (Å²) in [6.45, 7) is 2.08. The van der Waals surface area contributed by atoms with Gasteiger partial charge in [-0.2, -0.15) is 0 Å². The minimum atomic E-state index is 0.0667. The van der Waals surface area contributed by atoms with Crippen molar-refractivity contribution in [3.8, 4) is 0 Å². The number of aryl methyl sites for hydroxylation is 2. The summed E-state index contributed by atoms with van der Waals surface area (Å²) in [5.41, 5.74) is 0. The van der Waals surface area contributed by atoms with Gasteiger partial charge in [0.15, 0.2) is 0 Å². The van der Waals surface area contributed by atoms with Gasteiger partial charge in [-0.25, -0.2) is 0 Å². The molecule has 2 aromatic rings. The van der Waals surface area contributed by atoms with E-state index in [0.29, 0.717) is 0 Å². The van der Waals surface area contributed by atoms with E-state index in [9.17, 15) is 0 Å². The topological polar surface area (TPSA) is 35.6 Å². The van der Waals surface area contributed by atoms with Gasteiger partial charge < -0.3 is 0 Å². The van der Waals surface area contributed by atoms with Crippen molar-refractivity contribution in [1.29, 1.82) is 0 Å². The van der Waals surface area contributed by atoms with Crippen LogP contribution in [0.4, 0.5) is 0 Å². The summed E-state index contributed by atoms with van der Waals surface area (Å²) in [5, 5.41) is 8.48. The third-order valence-electron chi connectivity index (χ3n) is 2.13. The van der Waals surface area contributed by atoms with Crippen LogP contribution in [0.5, 0.6) is 0 Å². The van der Waals surface area contributed by atoms with Crippen LogP contribution in [-0.2, 0) is 13.1 Å². The molecule has 0 atom stereocenters. The first-order valence-electron chi connectivity index (χ1n) is 5.18. The zero-order chi connectivity index (χ0) is 12.1. The molecule has 4 nitrogen and oxygen atoms in total. The fourth-order valence-corrected chi connectivity index (χ4v) is 4.38. The number of hydrogen-bond donors (Lipinski definition) is 0. The van der Waals surface area contributed by atoms with Crippen LogP contribution in [-0.4, -0.2) is 40.5 Å². The fourth-order valence-electron chi connectivity index (χ4n) is 1.34. The van der Waals surface area contributed by atoms with E-state index in [-0.39, 0.29) is 20.9 Å². The van der Waals surface area contributed by atoms with Crippen molar-refractivity contribution in [2.24, 2.45) is 0 Å². The van der Waals surface area contributed by atoms with Gasteiger partial charge in [-0.05, 0) is 0 Å². The summed E-state index contributed by atoms with van der Waals surface area (Å²) < 4.78 is 8.67. The van der Waals surface area contributed by atoms with Gasteiger partial charge >= 0.3 is 128 Å². The molecule has 0 bridgehead atoms. The Morgan fingerprint density at radius 3 is 1.76 bits per heavy atom. The average molecular weight is 476 g/mol. The first-order chi connectivity index (χ1) is 8.24. The molecule has 2 heterocycles. The molecular formula is C10H12Br2N4Te. The molecule has 0 spiro atoms. The Kier molecular flexibility index (Phi) is 5.54. The Labute approximate surface area is 127 Å². The van der Waals surface area contributed by atoms with E-state index in [1.807, 2.05) is 34.2 Å². The molecule has 0 amide bonds. The van der Waals surface area contributed by atoms with Crippen LogP contribution in [0.2, 0.25) is 8.94 Å². The molecule has 2 rings (SSSR count). The molecule has 17 heavy (non-hydrogen) atoms. The zero-order valence-electron chi connectivity index (χ0n) is 9.09. The number of aromatic nitrogens is 4. The van der Waals surface area contributed by atoms with Crippen LogP contribution in [0.3, 0.4) is 0 Å². The molecule has 0 aliphatic heterocycles. The standard InChI is InChI=1S/C10H12Br2N4Te/c11-9-5-13-15(7-9)1-3-17-4-2-16-8-10(12)6-14-16/h5-8H,1-4H2. The van der Waals surface area contributed by atoms with Crippen LogP contribution in [0.1, 0.15) is 0 Å². The molecule has 0 saturated heterocycles. The van der Waals surface area contributed by atoms with Gasteiger partial charge in [0, 0.05) is 0 Å². The number of hydrogen-bond acceptors (Lipinski definition) is 2. The zero-order valence-corrected chi connectivity index (χ0v) is 14.6. The van der Waals surface area contributed by atoms with Gasteiger partial charge in [-0.1, -0.05) is 0 Å². The van der Waals surface area contributed by atoms with E-state index < -0.39 is 0 Å². The second kappa shape index (κ2) is 6.93. The maximum atomic E-state index is 4.24. The van der Waals surface area contributed by atoms with E-state index in [2.05, 4.69) is 42.1 Å². The first kappa shape index (κ1) is 13.6. The Bertz CT molecular complexity index is 426. The molecule has 0 saturated carbocycles. The van der Waals surface area contributed by atoms with Crippen LogP contribution in [0, 0.1) is 0 Å². The number of halogens is 2. The average Bonchev–Trinajstić information content (AvgIpc) is 2.88. The van der Waals surface area contributed by atoms with Crippen molar-refractivity contribution in [2.45, 2.75) is 22.0 Å². The molecule has 2 aromatic heterocycles. The number of rotatable bonds is 6. The maximum absolute atomic E-state index is 4.24. The van der Waals surface area contributed by atoms with Gasteiger partial charge in [0.2, 0.25) is 0 Å². The van der Waals surface area contributed by atoms with E-state index in [4.69, 9.17) is 0 Å². The van der Waals surface area contributed by atoms with Crippen molar-refractivity contribution in [2.75, 3.05) is 0 Å². The predicted octanol–water partition coefficient (Wildman–Crippen LogP) is 2.85. The van der Waals surface area contributed by atoms with Gasteiger partial charge in [0.25, 0.3) is 0 Å². The van der Waals surface area contributed by atoms with Gasteiger partial charge in [0.1, 0.15) is 0 Å². The van der Waals surface area contributed by atoms with Crippen molar-refractivity contribution >= 4 is 52.8 Å². The van der Waals surface area contributed by atoms with Crippen LogP contribution >= 0.6 is 31.9 Å². The van der Waals surface area contributed by atoms with E-state index in [0.717, 1.165) is 22.0 Å². The van der Waals surface area contributed by atoms with Crippen LogP contribution < -0.4 is 0 Å². The first-order valence-corrected chi connectivity index (χ1v) is 10.1. The molecule has 0 fully saturated rings. The Balaban J connectivity index is 1.60. The second-order valence-corrected chi connectivity index (χ2v) is 8.78. The Morgan fingerprint density at radius 2 is 1.41 bits per heavy atom. The molecule has 0 N–H and O–H groups in total. The third-order valence-corrected chi connectivity index (χ3v) is 5.64. The minimum absolute atomic E-state index is 0.0667. The molecule has 0 aliphatic carbocycles. The molecule has 0 radical (unpaired) electrons. The molecule has 92 valence electrons.